The van der Waals surface area contributed by atoms with Crippen LogP contribution in [0, 0.1) is 13.8 Å². The van der Waals surface area contributed by atoms with Gasteiger partial charge in [-0.25, -0.2) is 0 Å². The molecule has 2 rings (SSSR count). The summed E-state index contributed by atoms with van der Waals surface area (Å²) in [7, 11) is 0. The third-order valence-electron chi connectivity index (χ3n) is 2.21. The fraction of sp³-hybridized carbons (Fsp3) is 0.167. The molecule has 0 radical (unpaired) electrons. The van der Waals surface area contributed by atoms with E-state index in [1.807, 2.05) is 31.4 Å². The van der Waals surface area contributed by atoms with Gasteiger partial charge in [-0.3, -0.25) is 9.78 Å². The third-order valence-corrected chi connectivity index (χ3v) is 3.22. The number of aryl methyl sites for hydroxylation is 2. The summed E-state index contributed by atoms with van der Waals surface area (Å²) in [5.41, 5.74) is 2.71. The normalized spacial score (nSPS) is 10.3. The van der Waals surface area contributed by atoms with E-state index in [0.29, 0.717) is 5.56 Å². The van der Waals surface area contributed by atoms with Crippen LogP contribution in [-0.4, -0.2) is 10.8 Å². The van der Waals surface area contributed by atoms with Crippen molar-refractivity contribution in [2.75, 3.05) is 0 Å². The molecule has 2 aromatic heterocycles. The first kappa shape index (κ1) is 10.1. The molecule has 15 heavy (non-hydrogen) atoms. The molecule has 0 spiro atoms. The van der Waals surface area contributed by atoms with Crippen LogP contribution >= 0.6 is 11.3 Å². The van der Waals surface area contributed by atoms with Gasteiger partial charge in [0.05, 0.1) is 4.88 Å². The lowest BCUT2D eigenvalue weighted by molar-refractivity contribution is 0.104. The number of pyridine rings is 1. The Kier molecular flexibility index (Phi) is 2.64. The molecule has 2 aromatic rings. The van der Waals surface area contributed by atoms with E-state index in [1.165, 1.54) is 11.3 Å². The summed E-state index contributed by atoms with van der Waals surface area (Å²) in [5, 5.41) is 1.94. The van der Waals surface area contributed by atoms with Crippen LogP contribution in [-0.2, 0) is 0 Å². The molecule has 0 N–H and O–H groups in total. The summed E-state index contributed by atoms with van der Waals surface area (Å²) < 4.78 is 0. The van der Waals surface area contributed by atoms with Crippen molar-refractivity contribution in [3.8, 4) is 0 Å². The maximum atomic E-state index is 12.1. The van der Waals surface area contributed by atoms with Gasteiger partial charge in [0.25, 0.3) is 0 Å². The number of hydrogen-bond donors (Lipinski definition) is 0. The predicted octanol–water partition coefficient (Wildman–Crippen LogP) is 2.99. The highest BCUT2D eigenvalue weighted by Gasteiger charge is 2.13. The molecule has 0 aromatic carbocycles. The lowest BCUT2D eigenvalue weighted by Crippen LogP contribution is -2.01. The highest BCUT2D eigenvalue weighted by molar-refractivity contribution is 7.12. The second-order valence-corrected chi connectivity index (χ2v) is 4.43. The fourth-order valence-corrected chi connectivity index (χ4v) is 2.30. The smallest absolute Gasteiger partial charge is 0.204 e. The Hall–Kier alpha value is -1.48. The molecule has 76 valence electrons. The van der Waals surface area contributed by atoms with E-state index in [-0.39, 0.29) is 5.78 Å². The highest BCUT2D eigenvalue weighted by atomic mass is 32.1. The van der Waals surface area contributed by atoms with Crippen molar-refractivity contribution in [3.63, 3.8) is 0 Å². The van der Waals surface area contributed by atoms with E-state index in [1.54, 1.807) is 12.4 Å². The third kappa shape index (κ3) is 1.97. The second kappa shape index (κ2) is 3.95. The maximum absolute atomic E-state index is 12.1. The molecule has 0 aliphatic rings. The van der Waals surface area contributed by atoms with Crippen molar-refractivity contribution in [1.82, 2.24) is 4.98 Å². The summed E-state index contributed by atoms with van der Waals surface area (Å²) in [6.07, 6.45) is 3.37. The molecular formula is C12H11NOS. The second-order valence-electron chi connectivity index (χ2n) is 3.51. The van der Waals surface area contributed by atoms with Gasteiger partial charge in [0.15, 0.2) is 0 Å². The first-order valence-corrected chi connectivity index (χ1v) is 5.57. The standard InChI is InChI=1S/C12H11NOS/c1-8-5-10(7-13-6-8)11(14)12-9(2)3-4-15-12/h3-7H,1-2H3. The van der Waals surface area contributed by atoms with E-state index in [2.05, 4.69) is 4.98 Å². The Morgan fingerprint density at radius 2 is 2.13 bits per heavy atom. The van der Waals surface area contributed by atoms with Crippen molar-refractivity contribution in [2.24, 2.45) is 0 Å². The Balaban J connectivity index is 2.41. The molecule has 0 aliphatic heterocycles. The lowest BCUT2D eigenvalue weighted by Gasteiger charge is -2.00. The van der Waals surface area contributed by atoms with Crippen molar-refractivity contribution in [3.05, 3.63) is 51.5 Å². The van der Waals surface area contributed by atoms with Crippen LogP contribution in [0.3, 0.4) is 0 Å². The van der Waals surface area contributed by atoms with Gasteiger partial charge in [-0.2, -0.15) is 0 Å². The molecule has 0 saturated heterocycles. The number of rotatable bonds is 2. The van der Waals surface area contributed by atoms with Crippen molar-refractivity contribution >= 4 is 17.1 Å². The van der Waals surface area contributed by atoms with E-state index in [4.69, 9.17) is 0 Å². The van der Waals surface area contributed by atoms with Gasteiger partial charge < -0.3 is 0 Å². The number of thiophene rings is 1. The highest BCUT2D eigenvalue weighted by Crippen LogP contribution is 2.19. The molecule has 2 heterocycles. The van der Waals surface area contributed by atoms with Gasteiger partial charge >= 0.3 is 0 Å². The summed E-state index contributed by atoms with van der Waals surface area (Å²) in [6, 6.07) is 3.83. The topological polar surface area (TPSA) is 30.0 Å². The first-order valence-electron chi connectivity index (χ1n) is 4.69. The molecule has 0 aliphatic carbocycles. The van der Waals surface area contributed by atoms with Crippen LogP contribution in [0.5, 0.6) is 0 Å². The quantitative estimate of drug-likeness (QED) is 0.724. The van der Waals surface area contributed by atoms with E-state index in [9.17, 15) is 4.79 Å². The molecule has 0 amide bonds. The molecule has 0 unspecified atom stereocenters. The van der Waals surface area contributed by atoms with E-state index < -0.39 is 0 Å². The molecule has 0 atom stereocenters. The minimum absolute atomic E-state index is 0.0682. The Morgan fingerprint density at radius 1 is 1.33 bits per heavy atom. The van der Waals surface area contributed by atoms with E-state index >= 15 is 0 Å². The number of carbonyl (C=O) groups is 1. The van der Waals surface area contributed by atoms with Crippen molar-refractivity contribution in [1.29, 1.82) is 0 Å². The van der Waals surface area contributed by atoms with Gasteiger partial charge in [0.1, 0.15) is 0 Å². The van der Waals surface area contributed by atoms with Crippen LogP contribution in [0.25, 0.3) is 0 Å². The first-order chi connectivity index (χ1) is 7.18. The van der Waals surface area contributed by atoms with Gasteiger partial charge in [-0.1, -0.05) is 0 Å². The van der Waals surface area contributed by atoms with E-state index in [0.717, 1.165) is 16.0 Å². The molecule has 0 fully saturated rings. The zero-order chi connectivity index (χ0) is 10.8. The molecule has 3 heteroatoms. The minimum atomic E-state index is 0.0682. The van der Waals surface area contributed by atoms with Crippen molar-refractivity contribution in [2.45, 2.75) is 13.8 Å². The zero-order valence-electron chi connectivity index (χ0n) is 8.65. The van der Waals surface area contributed by atoms with Gasteiger partial charge in [0, 0.05) is 18.0 Å². The Morgan fingerprint density at radius 3 is 2.73 bits per heavy atom. The summed E-state index contributed by atoms with van der Waals surface area (Å²) in [4.78, 5) is 16.9. The summed E-state index contributed by atoms with van der Waals surface area (Å²) in [5.74, 6) is 0.0682. The van der Waals surface area contributed by atoms with Crippen LogP contribution in [0.1, 0.15) is 26.4 Å². The Bertz CT molecular complexity index is 502. The van der Waals surface area contributed by atoms with Gasteiger partial charge in [-0.05, 0) is 42.5 Å². The van der Waals surface area contributed by atoms with Crippen LogP contribution in [0.15, 0.2) is 29.9 Å². The number of ketones is 1. The zero-order valence-corrected chi connectivity index (χ0v) is 9.47. The predicted molar refractivity (Wildman–Crippen MR) is 61.5 cm³/mol. The molecule has 0 saturated carbocycles. The Labute approximate surface area is 92.6 Å². The summed E-state index contributed by atoms with van der Waals surface area (Å²) in [6.45, 7) is 3.89. The average Bonchev–Trinajstić information content (AvgIpc) is 2.63. The van der Waals surface area contributed by atoms with Crippen LogP contribution in [0.2, 0.25) is 0 Å². The van der Waals surface area contributed by atoms with Gasteiger partial charge in [0.2, 0.25) is 5.78 Å². The molecule has 0 bridgehead atoms. The minimum Gasteiger partial charge on any atom is -0.288 e. The van der Waals surface area contributed by atoms with Crippen molar-refractivity contribution < 1.29 is 4.79 Å². The number of nitrogens with zero attached hydrogens (tertiary/aromatic N) is 1. The van der Waals surface area contributed by atoms with Crippen LogP contribution in [0.4, 0.5) is 0 Å². The fourth-order valence-electron chi connectivity index (χ4n) is 1.42. The lowest BCUT2D eigenvalue weighted by atomic mass is 10.1. The number of carbonyl (C=O) groups excluding carboxylic acids is 1. The molecule has 2 nitrogen and oxygen atoms in total. The van der Waals surface area contributed by atoms with Gasteiger partial charge in [-0.15, -0.1) is 11.3 Å². The largest absolute Gasteiger partial charge is 0.288 e. The monoisotopic (exact) mass is 217 g/mol. The van der Waals surface area contributed by atoms with Crippen LogP contribution < -0.4 is 0 Å². The SMILES string of the molecule is Cc1cncc(C(=O)c2sccc2C)c1. The maximum Gasteiger partial charge on any atom is 0.204 e. The molecular weight excluding hydrogens is 206 g/mol. The summed E-state index contributed by atoms with van der Waals surface area (Å²) >= 11 is 1.48. The average molecular weight is 217 g/mol. The number of aromatic nitrogens is 1. The number of hydrogen-bond acceptors (Lipinski definition) is 3.